The number of aromatic nitrogens is 1. The van der Waals surface area contributed by atoms with Gasteiger partial charge in [-0.3, -0.25) is 0 Å². The number of hydrogen-bond donors (Lipinski definition) is 1. The van der Waals surface area contributed by atoms with Gasteiger partial charge in [0.05, 0.1) is 7.11 Å². The molecule has 5 heteroatoms. The third-order valence-electron chi connectivity index (χ3n) is 3.05. The zero-order chi connectivity index (χ0) is 15.2. The van der Waals surface area contributed by atoms with Crippen LogP contribution < -0.4 is 5.32 Å². The highest BCUT2D eigenvalue weighted by Crippen LogP contribution is 2.15. The summed E-state index contributed by atoms with van der Waals surface area (Å²) in [5, 5.41) is 3.18. The number of rotatable bonds is 5. The molecule has 21 heavy (non-hydrogen) atoms. The number of anilines is 1. The van der Waals surface area contributed by atoms with Gasteiger partial charge in [0.15, 0.2) is 0 Å². The van der Waals surface area contributed by atoms with Crippen molar-refractivity contribution in [2.45, 2.75) is 19.4 Å². The first kappa shape index (κ1) is 15.0. The molecule has 2 aromatic rings. The number of benzene rings is 1. The van der Waals surface area contributed by atoms with E-state index in [0.29, 0.717) is 17.8 Å². The van der Waals surface area contributed by atoms with Crippen molar-refractivity contribution < 1.29 is 13.9 Å². The number of esters is 1. The van der Waals surface area contributed by atoms with E-state index in [1.807, 2.05) is 6.92 Å². The Morgan fingerprint density at radius 1 is 1.33 bits per heavy atom. The molecule has 1 N–H and O–H groups in total. The number of ether oxygens (including phenoxy) is 1. The minimum Gasteiger partial charge on any atom is -0.465 e. The molecule has 1 atom stereocenters. The van der Waals surface area contributed by atoms with Crippen molar-refractivity contribution in [1.82, 2.24) is 4.98 Å². The van der Waals surface area contributed by atoms with Crippen molar-refractivity contribution in [3.63, 3.8) is 0 Å². The Morgan fingerprint density at radius 3 is 2.71 bits per heavy atom. The lowest BCUT2D eigenvalue weighted by Gasteiger charge is -2.16. The summed E-state index contributed by atoms with van der Waals surface area (Å²) in [5.74, 6) is -0.199. The van der Waals surface area contributed by atoms with Crippen LogP contribution in [0.2, 0.25) is 0 Å². The Hall–Kier alpha value is -2.43. The van der Waals surface area contributed by atoms with Gasteiger partial charge < -0.3 is 10.1 Å². The Kier molecular flexibility index (Phi) is 4.87. The summed E-state index contributed by atoms with van der Waals surface area (Å²) >= 11 is 0. The lowest BCUT2D eigenvalue weighted by atomic mass is 10.1. The highest BCUT2D eigenvalue weighted by Gasteiger charge is 2.14. The number of methoxy groups -OCH3 is 1. The van der Waals surface area contributed by atoms with Crippen LogP contribution in [0.1, 0.15) is 22.8 Å². The zero-order valence-electron chi connectivity index (χ0n) is 12.0. The summed E-state index contributed by atoms with van der Waals surface area (Å²) in [4.78, 5) is 15.8. The average Bonchev–Trinajstić information content (AvgIpc) is 2.49. The fraction of sp³-hybridized carbons (Fsp3) is 0.250. The summed E-state index contributed by atoms with van der Waals surface area (Å²) < 4.78 is 17.6. The fourth-order valence-corrected chi connectivity index (χ4v) is 2.05. The summed E-state index contributed by atoms with van der Waals surface area (Å²) in [6.45, 7) is 1.97. The van der Waals surface area contributed by atoms with Crippen LogP contribution in [-0.2, 0) is 11.2 Å². The van der Waals surface area contributed by atoms with Crippen molar-refractivity contribution in [2.75, 3.05) is 12.4 Å². The monoisotopic (exact) mass is 288 g/mol. The molecular formula is C16H17FN2O2. The van der Waals surface area contributed by atoms with Crippen LogP contribution in [-0.4, -0.2) is 24.1 Å². The lowest BCUT2D eigenvalue weighted by molar-refractivity contribution is 0.0601. The molecule has 0 radical (unpaired) electrons. The zero-order valence-corrected chi connectivity index (χ0v) is 12.0. The van der Waals surface area contributed by atoms with Gasteiger partial charge in [-0.15, -0.1) is 0 Å². The molecule has 0 aliphatic heterocycles. The maximum Gasteiger partial charge on any atom is 0.341 e. The van der Waals surface area contributed by atoms with Gasteiger partial charge in [0.1, 0.15) is 17.2 Å². The summed E-state index contributed by atoms with van der Waals surface area (Å²) in [7, 11) is 1.33. The van der Waals surface area contributed by atoms with Gasteiger partial charge in [0.25, 0.3) is 0 Å². The number of pyridine rings is 1. The maximum absolute atomic E-state index is 12.9. The van der Waals surface area contributed by atoms with Crippen LogP contribution in [0.25, 0.3) is 0 Å². The first-order valence-electron chi connectivity index (χ1n) is 6.64. The van der Waals surface area contributed by atoms with Crippen molar-refractivity contribution in [1.29, 1.82) is 0 Å². The number of nitrogens with zero attached hydrogens (tertiary/aromatic N) is 1. The van der Waals surface area contributed by atoms with Crippen LogP contribution in [0.5, 0.6) is 0 Å². The quantitative estimate of drug-likeness (QED) is 0.859. The van der Waals surface area contributed by atoms with Gasteiger partial charge in [-0.1, -0.05) is 12.1 Å². The fourth-order valence-electron chi connectivity index (χ4n) is 2.05. The van der Waals surface area contributed by atoms with Crippen LogP contribution in [0, 0.1) is 5.82 Å². The Labute approximate surface area is 123 Å². The molecule has 110 valence electrons. The molecule has 0 spiro atoms. The van der Waals surface area contributed by atoms with Gasteiger partial charge in [0.2, 0.25) is 0 Å². The molecule has 0 aliphatic rings. The molecule has 0 fully saturated rings. The second kappa shape index (κ2) is 6.83. The van der Waals surface area contributed by atoms with E-state index in [9.17, 15) is 9.18 Å². The van der Waals surface area contributed by atoms with Gasteiger partial charge >= 0.3 is 5.97 Å². The molecule has 1 unspecified atom stereocenters. The maximum atomic E-state index is 12.9. The van der Waals surface area contributed by atoms with Crippen molar-refractivity contribution in [3.05, 3.63) is 59.5 Å². The van der Waals surface area contributed by atoms with Gasteiger partial charge in [0, 0.05) is 12.2 Å². The topological polar surface area (TPSA) is 51.2 Å². The van der Waals surface area contributed by atoms with E-state index in [1.54, 1.807) is 30.5 Å². The molecule has 1 aromatic heterocycles. The van der Waals surface area contributed by atoms with Crippen LogP contribution in [0.4, 0.5) is 10.2 Å². The van der Waals surface area contributed by atoms with E-state index >= 15 is 0 Å². The SMILES string of the molecule is COC(=O)c1cccnc1NC(C)Cc1ccc(F)cc1. The third kappa shape index (κ3) is 4.02. The lowest BCUT2D eigenvalue weighted by Crippen LogP contribution is -2.21. The molecule has 0 amide bonds. The van der Waals surface area contributed by atoms with Gasteiger partial charge in [-0.05, 0) is 43.2 Å². The van der Waals surface area contributed by atoms with E-state index in [2.05, 4.69) is 10.3 Å². The van der Waals surface area contributed by atoms with E-state index < -0.39 is 5.97 Å². The predicted octanol–water partition coefficient (Wildman–Crippen LogP) is 3.05. The molecule has 0 aliphatic carbocycles. The van der Waals surface area contributed by atoms with Crippen molar-refractivity contribution in [2.24, 2.45) is 0 Å². The number of nitrogens with one attached hydrogen (secondary N) is 1. The molecule has 4 nitrogen and oxygen atoms in total. The smallest absolute Gasteiger partial charge is 0.341 e. The normalized spacial score (nSPS) is 11.8. The minimum absolute atomic E-state index is 0.0359. The second-order valence-electron chi connectivity index (χ2n) is 4.77. The number of carbonyl (C=O) groups excluding carboxylic acids is 1. The van der Waals surface area contributed by atoms with Crippen molar-refractivity contribution in [3.8, 4) is 0 Å². The Morgan fingerprint density at radius 2 is 2.05 bits per heavy atom. The number of carbonyl (C=O) groups is 1. The number of hydrogen-bond acceptors (Lipinski definition) is 4. The van der Waals surface area contributed by atoms with E-state index in [0.717, 1.165) is 5.56 Å². The molecule has 1 aromatic carbocycles. The van der Waals surface area contributed by atoms with E-state index in [4.69, 9.17) is 4.74 Å². The van der Waals surface area contributed by atoms with E-state index in [1.165, 1.54) is 19.2 Å². The summed E-state index contributed by atoms with van der Waals surface area (Å²) in [5.41, 5.74) is 1.40. The number of halogens is 1. The molecule has 0 saturated carbocycles. The largest absolute Gasteiger partial charge is 0.465 e. The van der Waals surface area contributed by atoms with Crippen molar-refractivity contribution >= 4 is 11.8 Å². The van der Waals surface area contributed by atoms with Crippen LogP contribution in [0.3, 0.4) is 0 Å². The van der Waals surface area contributed by atoms with E-state index in [-0.39, 0.29) is 11.9 Å². The van der Waals surface area contributed by atoms with Gasteiger partial charge in [-0.25, -0.2) is 14.2 Å². The van der Waals surface area contributed by atoms with Crippen LogP contribution in [0.15, 0.2) is 42.6 Å². The molecule has 0 bridgehead atoms. The molecule has 2 rings (SSSR count). The Bertz CT molecular complexity index is 614. The van der Waals surface area contributed by atoms with Gasteiger partial charge in [-0.2, -0.15) is 0 Å². The highest BCUT2D eigenvalue weighted by atomic mass is 19.1. The average molecular weight is 288 g/mol. The van der Waals surface area contributed by atoms with Crippen LogP contribution >= 0.6 is 0 Å². The minimum atomic E-state index is -0.431. The predicted molar refractivity (Wildman–Crippen MR) is 78.8 cm³/mol. The third-order valence-corrected chi connectivity index (χ3v) is 3.05. The second-order valence-corrected chi connectivity index (χ2v) is 4.77. The highest BCUT2D eigenvalue weighted by molar-refractivity contribution is 5.94. The first-order chi connectivity index (χ1) is 10.1. The molecular weight excluding hydrogens is 271 g/mol. The summed E-state index contributed by atoms with van der Waals surface area (Å²) in [6, 6.07) is 9.73. The summed E-state index contributed by atoms with van der Waals surface area (Å²) in [6.07, 6.45) is 2.30. The standard InChI is InChI=1S/C16H17FN2O2/c1-11(10-12-5-7-13(17)8-6-12)19-15-14(16(20)21-2)4-3-9-18-15/h3-9,11H,10H2,1-2H3,(H,18,19). The molecule has 0 saturated heterocycles. The first-order valence-corrected chi connectivity index (χ1v) is 6.64. The molecule has 1 heterocycles. The Balaban J connectivity index is 2.07.